The molecule has 2 saturated carbocycles. The van der Waals surface area contributed by atoms with Gasteiger partial charge in [-0.2, -0.15) is 0 Å². The first-order valence-electron chi connectivity index (χ1n) is 8.29. The van der Waals surface area contributed by atoms with Crippen LogP contribution in [0.5, 0.6) is 0 Å². The van der Waals surface area contributed by atoms with Crippen molar-refractivity contribution in [2.75, 3.05) is 6.54 Å². The molecule has 20 heavy (non-hydrogen) atoms. The number of rotatable bonds is 5. The van der Waals surface area contributed by atoms with E-state index >= 15 is 0 Å². The normalized spacial score (nSPS) is 22.9. The van der Waals surface area contributed by atoms with E-state index in [9.17, 15) is 4.79 Å². The standard InChI is InChI=1S/C16H30N2O.ClH/c17-12-15(14-9-5-2-6-10-14)18-16(19)11-13-7-3-1-4-8-13;/h13-15H,1-12,17H2,(H,18,19);1H. The molecule has 1 amide bonds. The zero-order valence-electron chi connectivity index (χ0n) is 12.6. The lowest BCUT2D eigenvalue weighted by Gasteiger charge is -2.31. The first-order chi connectivity index (χ1) is 9.29. The zero-order valence-corrected chi connectivity index (χ0v) is 13.4. The molecule has 0 aromatic heterocycles. The molecule has 2 rings (SSSR count). The fourth-order valence-corrected chi connectivity index (χ4v) is 3.82. The molecule has 2 fully saturated rings. The molecule has 0 radical (unpaired) electrons. The van der Waals surface area contributed by atoms with Gasteiger partial charge >= 0.3 is 0 Å². The van der Waals surface area contributed by atoms with Gasteiger partial charge in [0.15, 0.2) is 0 Å². The topological polar surface area (TPSA) is 55.1 Å². The summed E-state index contributed by atoms with van der Waals surface area (Å²) >= 11 is 0. The lowest BCUT2D eigenvalue weighted by atomic mass is 9.83. The van der Waals surface area contributed by atoms with Gasteiger partial charge in [-0.3, -0.25) is 4.79 Å². The Kier molecular flexibility index (Phi) is 8.55. The first kappa shape index (κ1) is 17.8. The lowest BCUT2D eigenvalue weighted by molar-refractivity contribution is -0.123. The van der Waals surface area contributed by atoms with Gasteiger partial charge in [-0.05, 0) is 37.5 Å². The van der Waals surface area contributed by atoms with Crippen molar-refractivity contribution >= 4 is 18.3 Å². The van der Waals surface area contributed by atoms with E-state index in [1.165, 1.54) is 64.2 Å². The van der Waals surface area contributed by atoms with E-state index in [1.54, 1.807) is 0 Å². The highest BCUT2D eigenvalue weighted by Crippen LogP contribution is 2.28. The predicted molar refractivity (Wildman–Crippen MR) is 86.0 cm³/mol. The molecule has 0 spiro atoms. The molecular weight excluding hydrogens is 272 g/mol. The molecule has 3 N–H and O–H groups in total. The number of amides is 1. The average molecular weight is 303 g/mol. The van der Waals surface area contributed by atoms with Crippen LogP contribution < -0.4 is 11.1 Å². The Bertz CT molecular complexity index is 274. The van der Waals surface area contributed by atoms with Crippen molar-refractivity contribution < 1.29 is 4.79 Å². The molecule has 0 bridgehead atoms. The number of halogens is 1. The highest BCUT2D eigenvalue weighted by Gasteiger charge is 2.25. The maximum atomic E-state index is 12.2. The van der Waals surface area contributed by atoms with Gasteiger partial charge in [0.05, 0.1) is 0 Å². The lowest BCUT2D eigenvalue weighted by Crippen LogP contribution is -2.46. The van der Waals surface area contributed by atoms with Gasteiger partial charge in [0, 0.05) is 19.0 Å². The van der Waals surface area contributed by atoms with Gasteiger partial charge in [0.2, 0.25) is 5.91 Å². The Hall–Kier alpha value is -0.280. The zero-order chi connectivity index (χ0) is 13.5. The number of hydrogen-bond acceptors (Lipinski definition) is 2. The van der Waals surface area contributed by atoms with Crippen LogP contribution in [0.25, 0.3) is 0 Å². The highest BCUT2D eigenvalue weighted by molar-refractivity contribution is 5.85. The SMILES string of the molecule is Cl.NCC(NC(=O)CC1CCCCC1)C1CCCCC1. The summed E-state index contributed by atoms with van der Waals surface area (Å²) in [7, 11) is 0. The molecular formula is C16H31ClN2O. The van der Waals surface area contributed by atoms with Gasteiger partial charge < -0.3 is 11.1 Å². The molecule has 0 aliphatic heterocycles. The van der Waals surface area contributed by atoms with Crippen LogP contribution in [0.1, 0.15) is 70.6 Å². The summed E-state index contributed by atoms with van der Waals surface area (Å²) in [6.07, 6.45) is 13.6. The maximum absolute atomic E-state index is 12.2. The molecule has 0 aromatic carbocycles. The van der Waals surface area contributed by atoms with Crippen molar-refractivity contribution in [3.05, 3.63) is 0 Å². The van der Waals surface area contributed by atoms with E-state index in [4.69, 9.17) is 5.73 Å². The highest BCUT2D eigenvalue weighted by atomic mass is 35.5. The second-order valence-corrected chi connectivity index (χ2v) is 6.52. The third kappa shape index (κ3) is 5.61. The van der Waals surface area contributed by atoms with Crippen LogP contribution in [0.4, 0.5) is 0 Å². The van der Waals surface area contributed by atoms with Crippen molar-refractivity contribution in [1.82, 2.24) is 5.32 Å². The van der Waals surface area contributed by atoms with Gasteiger partial charge in [-0.1, -0.05) is 38.5 Å². The molecule has 2 aliphatic carbocycles. The van der Waals surface area contributed by atoms with E-state index in [1.807, 2.05) is 0 Å². The Morgan fingerprint density at radius 2 is 1.55 bits per heavy atom. The van der Waals surface area contributed by atoms with Gasteiger partial charge in [0.1, 0.15) is 0 Å². The average Bonchev–Trinajstić information content (AvgIpc) is 2.47. The van der Waals surface area contributed by atoms with E-state index in [2.05, 4.69) is 5.32 Å². The monoisotopic (exact) mass is 302 g/mol. The summed E-state index contributed by atoms with van der Waals surface area (Å²) in [5.41, 5.74) is 5.87. The Labute approximate surface area is 129 Å². The van der Waals surface area contributed by atoms with Crippen molar-refractivity contribution in [3.63, 3.8) is 0 Å². The second kappa shape index (κ2) is 9.62. The minimum absolute atomic E-state index is 0. The smallest absolute Gasteiger partial charge is 0.220 e. The van der Waals surface area contributed by atoms with Crippen LogP contribution >= 0.6 is 12.4 Å². The van der Waals surface area contributed by atoms with Crippen LogP contribution in [-0.4, -0.2) is 18.5 Å². The molecule has 0 heterocycles. The largest absolute Gasteiger partial charge is 0.352 e. The van der Waals surface area contributed by atoms with Crippen LogP contribution in [-0.2, 0) is 4.79 Å². The second-order valence-electron chi connectivity index (χ2n) is 6.52. The third-order valence-electron chi connectivity index (χ3n) is 5.02. The number of carbonyl (C=O) groups excluding carboxylic acids is 1. The summed E-state index contributed by atoms with van der Waals surface area (Å²) in [6.45, 7) is 0.598. The fourth-order valence-electron chi connectivity index (χ4n) is 3.82. The summed E-state index contributed by atoms with van der Waals surface area (Å²) < 4.78 is 0. The summed E-state index contributed by atoms with van der Waals surface area (Å²) in [5.74, 6) is 1.49. The summed E-state index contributed by atoms with van der Waals surface area (Å²) in [5, 5.41) is 3.22. The predicted octanol–water partition coefficient (Wildman–Crippen LogP) is 3.40. The maximum Gasteiger partial charge on any atom is 0.220 e. The molecule has 118 valence electrons. The van der Waals surface area contributed by atoms with E-state index < -0.39 is 0 Å². The minimum atomic E-state index is 0. The van der Waals surface area contributed by atoms with Crippen molar-refractivity contribution in [2.24, 2.45) is 17.6 Å². The Morgan fingerprint density at radius 1 is 1.00 bits per heavy atom. The van der Waals surface area contributed by atoms with Crippen LogP contribution in [0.3, 0.4) is 0 Å². The van der Waals surface area contributed by atoms with Gasteiger partial charge in [-0.15, -0.1) is 12.4 Å². The van der Waals surface area contributed by atoms with E-state index in [0.29, 0.717) is 18.4 Å². The van der Waals surface area contributed by atoms with Crippen LogP contribution in [0.2, 0.25) is 0 Å². The quantitative estimate of drug-likeness (QED) is 0.818. The van der Waals surface area contributed by atoms with E-state index in [-0.39, 0.29) is 24.4 Å². The molecule has 1 unspecified atom stereocenters. The molecule has 1 atom stereocenters. The van der Waals surface area contributed by atoms with Crippen LogP contribution in [0, 0.1) is 11.8 Å². The van der Waals surface area contributed by atoms with Gasteiger partial charge in [-0.25, -0.2) is 0 Å². The summed E-state index contributed by atoms with van der Waals surface area (Å²) in [6, 6.07) is 0.219. The molecule has 0 saturated heterocycles. The van der Waals surface area contributed by atoms with Crippen molar-refractivity contribution in [2.45, 2.75) is 76.7 Å². The Balaban J connectivity index is 0.00000200. The number of nitrogens with two attached hydrogens (primary N) is 1. The number of nitrogens with one attached hydrogen (secondary N) is 1. The molecule has 4 heteroatoms. The Morgan fingerprint density at radius 3 is 2.10 bits per heavy atom. The number of hydrogen-bond donors (Lipinski definition) is 2. The molecule has 2 aliphatic rings. The van der Waals surface area contributed by atoms with Crippen LogP contribution in [0.15, 0.2) is 0 Å². The third-order valence-corrected chi connectivity index (χ3v) is 5.02. The molecule has 0 aromatic rings. The summed E-state index contributed by atoms with van der Waals surface area (Å²) in [4.78, 5) is 12.2. The van der Waals surface area contributed by atoms with Crippen molar-refractivity contribution in [3.8, 4) is 0 Å². The minimum Gasteiger partial charge on any atom is -0.352 e. The van der Waals surface area contributed by atoms with E-state index in [0.717, 1.165) is 6.42 Å². The fraction of sp³-hybridized carbons (Fsp3) is 0.938. The number of carbonyl (C=O) groups is 1. The molecule has 3 nitrogen and oxygen atoms in total. The van der Waals surface area contributed by atoms with Crippen molar-refractivity contribution in [1.29, 1.82) is 0 Å². The van der Waals surface area contributed by atoms with Gasteiger partial charge in [0.25, 0.3) is 0 Å². The first-order valence-corrected chi connectivity index (χ1v) is 8.29.